The lowest BCUT2D eigenvalue weighted by molar-refractivity contribution is 0.0951. The number of nitrogens with zero attached hydrogens (tertiary/aromatic N) is 1. The van der Waals surface area contributed by atoms with Crippen molar-refractivity contribution in [2.75, 3.05) is 7.05 Å². The molecule has 1 aliphatic rings. The van der Waals surface area contributed by atoms with E-state index in [1.54, 1.807) is 0 Å². The summed E-state index contributed by atoms with van der Waals surface area (Å²) < 4.78 is 26.9. The van der Waals surface area contributed by atoms with Gasteiger partial charge in [-0.1, -0.05) is 41.9 Å². The molecule has 0 bridgehead atoms. The molecule has 2 aromatic carbocycles. The van der Waals surface area contributed by atoms with Crippen LogP contribution >= 0.6 is 11.6 Å². The summed E-state index contributed by atoms with van der Waals surface area (Å²) in [6.07, 6.45) is 1.89. The first-order valence-electron chi connectivity index (χ1n) is 7.98. The van der Waals surface area contributed by atoms with Gasteiger partial charge in [-0.15, -0.1) is 0 Å². The third kappa shape index (κ3) is 4.21. The maximum Gasteiger partial charge on any atom is 0.253 e. The topological polar surface area (TPSA) is 66.5 Å². The van der Waals surface area contributed by atoms with E-state index in [0.717, 1.165) is 18.4 Å². The molecule has 0 unspecified atom stereocenters. The van der Waals surface area contributed by atoms with Gasteiger partial charge < -0.3 is 5.32 Å². The van der Waals surface area contributed by atoms with Crippen LogP contribution in [0.5, 0.6) is 0 Å². The van der Waals surface area contributed by atoms with E-state index in [1.807, 2.05) is 30.3 Å². The maximum absolute atomic E-state index is 12.8. The number of amides is 1. The second kappa shape index (κ2) is 7.15. The molecule has 0 radical (unpaired) electrons. The number of rotatable bonds is 6. The first-order valence-corrected chi connectivity index (χ1v) is 9.80. The van der Waals surface area contributed by atoms with Crippen LogP contribution in [0.1, 0.15) is 28.8 Å². The van der Waals surface area contributed by atoms with Crippen molar-refractivity contribution in [2.24, 2.45) is 0 Å². The Morgan fingerprint density at radius 1 is 1.20 bits per heavy atom. The fourth-order valence-corrected chi connectivity index (χ4v) is 3.82. The quantitative estimate of drug-likeness (QED) is 0.840. The van der Waals surface area contributed by atoms with Gasteiger partial charge in [-0.25, -0.2) is 8.42 Å². The average molecular weight is 379 g/mol. The number of carbonyl (C=O) groups is 1. The Balaban J connectivity index is 1.84. The number of hydrogen-bond acceptors (Lipinski definition) is 3. The Labute approximate surface area is 152 Å². The molecule has 1 N–H and O–H groups in total. The van der Waals surface area contributed by atoms with Gasteiger partial charge in [-0.3, -0.25) is 4.79 Å². The minimum atomic E-state index is -3.73. The van der Waals surface area contributed by atoms with Crippen molar-refractivity contribution in [1.82, 2.24) is 9.62 Å². The number of nitrogens with one attached hydrogen (secondary N) is 1. The second-order valence-corrected chi connectivity index (χ2v) is 8.59. The third-order valence-corrected chi connectivity index (χ3v) is 6.18. The summed E-state index contributed by atoms with van der Waals surface area (Å²) >= 11 is 6.09. The minimum absolute atomic E-state index is 0.0521. The zero-order valence-electron chi connectivity index (χ0n) is 13.8. The van der Waals surface area contributed by atoms with Gasteiger partial charge in [0.05, 0.1) is 15.5 Å². The van der Waals surface area contributed by atoms with Crippen molar-refractivity contribution in [2.45, 2.75) is 30.3 Å². The van der Waals surface area contributed by atoms with Crippen LogP contribution in [0.3, 0.4) is 0 Å². The molecule has 0 aliphatic heterocycles. The number of benzene rings is 2. The van der Waals surface area contributed by atoms with E-state index in [1.165, 1.54) is 29.6 Å². The molecule has 7 heteroatoms. The minimum Gasteiger partial charge on any atom is -0.349 e. The zero-order valence-corrected chi connectivity index (χ0v) is 15.3. The molecule has 5 nitrogen and oxygen atoms in total. The summed E-state index contributed by atoms with van der Waals surface area (Å²) in [5.41, 5.74) is 1.07. The van der Waals surface area contributed by atoms with Crippen LogP contribution in [0.15, 0.2) is 53.4 Å². The number of carbonyl (C=O) groups excluding carboxylic acids is 1. The lowest BCUT2D eigenvalue weighted by Crippen LogP contribution is -2.28. The largest absolute Gasteiger partial charge is 0.349 e. The normalized spacial score (nSPS) is 14.5. The molecule has 1 fully saturated rings. The molecule has 132 valence electrons. The van der Waals surface area contributed by atoms with Crippen molar-refractivity contribution in [1.29, 1.82) is 0 Å². The van der Waals surface area contributed by atoms with Gasteiger partial charge in [0, 0.05) is 19.6 Å². The van der Waals surface area contributed by atoms with Crippen LogP contribution in [0.4, 0.5) is 0 Å². The molecule has 25 heavy (non-hydrogen) atoms. The molecule has 1 aliphatic carbocycles. The molecular formula is C18H19ClN2O3S. The highest BCUT2D eigenvalue weighted by atomic mass is 35.5. The lowest BCUT2D eigenvalue weighted by atomic mass is 10.2. The van der Waals surface area contributed by atoms with Crippen LogP contribution in [0, 0.1) is 0 Å². The predicted molar refractivity (Wildman–Crippen MR) is 97.0 cm³/mol. The van der Waals surface area contributed by atoms with Gasteiger partial charge in [-0.05, 0) is 36.6 Å². The Bertz CT molecular complexity index is 880. The Hall–Kier alpha value is -1.89. The summed E-state index contributed by atoms with van der Waals surface area (Å²) in [5, 5.41) is 3.07. The standard InChI is InChI=1S/C18H19ClN2O3S/c1-21(12-13-5-3-2-4-6-13)25(23,24)15-9-10-17(19)16(11-15)18(22)20-14-7-8-14/h2-6,9-11,14H,7-8,12H2,1H3,(H,20,22). The summed E-state index contributed by atoms with van der Waals surface area (Å²) in [4.78, 5) is 12.3. The Morgan fingerprint density at radius 2 is 1.88 bits per heavy atom. The van der Waals surface area contributed by atoms with Crippen molar-refractivity contribution in [3.63, 3.8) is 0 Å². The monoisotopic (exact) mass is 378 g/mol. The van der Waals surface area contributed by atoms with Gasteiger partial charge in [0.25, 0.3) is 5.91 Å². The van der Waals surface area contributed by atoms with Crippen LogP contribution in [-0.4, -0.2) is 31.7 Å². The van der Waals surface area contributed by atoms with E-state index in [0.29, 0.717) is 0 Å². The number of hydrogen-bond donors (Lipinski definition) is 1. The summed E-state index contributed by atoms with van der Waals surface area (Å²) in [7, 11) is -2.21. The molecule has 0 aromatic heterocycles. The van der Waals surface area contributed by atoms with Gasteiger partial charge in [-0.2, -0.15) is 4.31 Å². The maximum atomic E-state index is 12.8. The highest BCUT2D eigenvalue weighted by molar-refractivity contribution is 7.89. The number of sulfonamides is 1. The number of halogens is 1. The fourth-order valence-electron chi connectivity index (χ4n) is 2.44. The summed E-state index contributed by atoms with van der Waals surface area (Å²) in [5.74, 6) is -0.338. The molecule has 2 aromatic rings. The van der Waals surface area contributed by atoms with Crippen molar-refractivity contribution < 1.29 is 13.2 Å². The van der Waals surface area contributed by atoms with Crippen molar-refractivity contribution in [3.8, 4) is 0 Å². The van der Waals surface area contributed by atoms with Gasteiger partial charge >= 0.3 is 0 Å². The van der Waals surface area contributed by atoms with Crippen molar-refractivity contribution >= 4 is 27.5 Å². The first-order chi connectivity index (χ1) is 11.9. The predicted octanol–water partition coefficient (Wildman–Crippen LogP) is 3.05. The van der Waals surface area contributed by atoms with Gasteiger partial charge in [0.2, 0.25) is 10.0 Å². The molecular weight excluding hydrogens is 360 g/mol. The molecule has 0 saturated heterocycles. The van der Waals surface area contributed by atoms with Crippen molar-refractivity contribution in [3.05, 3.63) is 64.7 Å². The van der Waals surface area contributed by atoms with E-state index in [-0.39, 0.29) is 34.0 Å². The fraction of sp³-hybridized carbons (Fsp3) is 0.278. The highest BCUT2D eigenvalue weighted by Gasteiger charge is 2.27. The third-order valence-electron chi connectivity index (χ3n) is 4.05. The summed E-state index contributed by atoms with van der Waals surface area (Å²) in [6.45, 7) is 0.245. The van der Waals surface area contributed by atoms with E-state index < -0.39 is 10.0 Å². The second-order valence-electron chi connectivity index (χ2n) is 6.14. The Morgan fingerprint density at radius 3 is 2.52 bits per heavy atom. The van der Waals surface area contributed by atoms with E-state index >= 15 is 0 Å². The van der Waals surface area contributed by atoms with Crippen LogP contribution in [0.2, 0.25) is 5.02 Å². The Kier molecular flexibility index (Phi) is 5.13. The molecule has 0 atom stereocenters. The van der Waals surface area contributed by atoms with Crippen LogP contribution < -0.4 is 5.32 Å². The van der Waals surface area contributed by atoms with Crippen LogP contribution in [0.25, 0.3) is 0 Å². The molecule has 0 heterocycles. The summed E-state index contributed by atoms with van der Waals surface area (Å²) in [6, 6.07) is 13.7. The lowest BCUT2D eigenvalue weighted by Gasteiger charge is -2.18. The molecule has 3 rings (SSSR count). The molecule has 1 amide bonds. The highest BCUT2D eigenvalue weighted by Crippen LogP contribution is 2.25. The van der Waals surface area contributed by atoms with E-state index in [4.69, 9.17) is 11.6 Å². The van der Waals surface area contributed by atoms with E-state index in [2.05, 4.69) is 5.32 Å². The zero-order chi connectivity index (χ0) is 18.0. The smallest absolute Gasteiger partial charge is 0.253 e. The van der Waals surface area contributed by atoms with Gasteiger partial charge in [0.15, 0.2) is 0 Å². The average Bonchev–Trinajstić information content (AvgIpc) is 3.39. The van der Waals surface area contributed by atoms with Crippen LogP contribution in [-0.2, 0) is 16.6 Å². The van der Waals surface area contributed by atoms with E-state index in [9.17, 15) is 13.2 Å². The molecule has 0 spiro atoms. The first kappa shape index (κ1) is 17.9. The SMILES string of the molecule is CN(Cc1ccccc1)S(=O)(=O)c1ccc(Cl)c(C(=O)NC2CC2)c1. The molecule has 1 saturated carbocycles. The van der Waals surface area contributed by atoms with Gasteiger partial charge in [0.1, 0.15) is 0 Å².